The Labute approximate surface area is 155 Å². The van der Waals surface area contributed by atoms with Crippen molar-refractivity contribution in [3.63, 3.8) is 0 Å². The molecule has 0 fully saturated rings. The van der Waals surface area contributed by atoms with Gasteiger partial charge in [0.05, 0.1) is 17.1 Å². The van der Waals surface area contributed by atoms with Crippen molar-refractivity contribution in [3.8, 4) is 11.3 Å². The maximum Gasteiger partial charge on any atom is 0.236 e. The van der Waals surface area contributed by atoms with Crippen molar-refractivity contribution < 1.29 is 12.8 Å². The van der Waals surface area contributed by atoms with E-state index in [1.807, 2.05) is 18.3 Å². The van der Waals surface area contributed by atoms with Gasteiger partial charge >= 0.3 is 0 Å². The lowest BCUT2D eigenvalue weighted by molar-refractivity contribution is 0.600. The number of anilines is 1. The first-order valence-corrected chi connectivity index (χ1v) is 10.7. The number of fused-ring (bicyclic) bond motifs is 1. The third-order valence-electron chi connectivity index (χ3n) is 4.04. The summed E-state index contributed by atoms with van der Waals surface area (Å²) < 4.78 is 42.8. The van der Waals surface area contributed by atoms with Gasteiger partial charge in [0.15, 0.2) is 5.16 Å². The maximum atomic E-state index is 13.0. The van der Waals surface area contributed by atoms with Gasteiger partial charge in [0, 0.05) is 24.1 Å². The summed E-state index contributed by atoms with van der Waals surface area (Å²) in [6.45, 7) is 0.908. The molecule has 0 saturated carbocycles. The smallest absolute Gasteiger partial charge is 0.236 e. The number of hydrogen-bond donors (Lipinski definition) is 1. The summed E-state index contributed by atoms with van der Waals surface area (Å²) in [6.07, 6.45) is 1.95. The van der Waals surface area contributed by atoms with Gasteiger partial charge in [-0.3, -0.25) is 4.72 Å². The first-order valence-electron chi connectivity index (χ1n) is 8.04. The molecule has 3 aromatic rings. The minimum atomic E-state index is -3.64. The lowest BCUT2D eigenvalue weighted by Gasteiger charge is -2.11. The highest BCUT2D eigenvalue weighted by atomic mass is 32.2. The fraction of sp³-hybridized carbons (Fsp3) is 0.167. The van der Waals surface area contributed by atoms with Crippen molar-refractivity contribution in [2.24, 2.45) is 0 Å². The van der Waals surface area contributed by atoms with Gasteiger partial charge in [0.2, 0.25) is 10.0 Å². The molecule has 0 spiro atoms. The van der Waals surface area contributed by atoms with Crippen molar-refractivity contribution in [3.05, 3.63) is 66.1 Å². The molecule has 0 unspecified atom stereocenters. The van der Waals surface area contributed by atoms with Gasteiger partial charge in [-0.05, 0) is 23.8 Å². The van der Waals surface area contributed by atoms with Crippen LogP contribution in [0.1, 0.15) is 5.56 Å². The molecular weight excluding hydrogens is 373 g/mol. The van der Waals surface area contributed by atoms with Crippen LogP contribution >= 0.6 is 11.8 Å². The Bertz CT molecular complexity index is 1030. The molecular formula is C18H16FN3O2S2. The number of hydrogen-bond acceptors (Lipinski definition) is 4. The Morgan fingerprint density at radius 1 is 1.15 bits per heavy atom. The molecule has 134 valence electrons. The average molecular weight is 389 g/mol. The van der Waals surface area contributed by atoms with E-state index in [0.717, 1.165) is 28.7 Å². The standard InChI is InChI=1S/C18H16FN3O2S2/c19-14-7-5-13(6-8-14)12-26(23,24)21-16-4-2-1-3-15(16)17-11-22-9-10-25-18(22)20-17/h1-8,11,21H,9-10,12H2. The summed E-state index contributed by atoms with van der Waals surface area (Å²) in [6, 6.07) is 12.6. The molecule has 0 saturated heterocycles. The molecule has 1 N–H and O–H groups in total. The number of rotatable bonds is 5. The SMILES string of the molecule is O=S(=O)(Cc1ccc(F)cc1)Nc1ccccc1-c1cn2c(n1)SCC2. The third-order valence-corrected chi connectivity index (χ3v) is 6.26. The fourth-order valence-corrected chi connectivity index (χ4v) is 5.00. The van der Waals surface area contributed by atoms with Crippen molar-refractivity contribution in [1.82, 2.24) is 9.55 Å². The molecule has 2 heterocycles. The highest BCUT2D eigenvalue weighted by Crippen LogP contribution is 2.33. The summed E-state index contributed by atoms with van der Waals surface area (Å²) in [7, 11) is -3.64. The minimum absolute atomic E-state index is 0.225. The van der Waals surface area contributed by atoms with E-state index in [9.17, 15) is 12.8 Å². The second-order valence-electron chi connectivity index (χ2n) is 5.98. The van der Waals surface area contributed by atoms with Gasteiger partial charge in [-0.2, -0.15) is 0 Å². The highest BCUT2D eigenvalue weighted by molar-refractivity contribution is 7.99. The van der Waals surface area contributed by atoms with Gasteiger partial charge in [-0.1, -0.05) is 42.1 Å². The molecule has 5 nitrogen and oxygen atoms in total. The van der Waals surface area contributed by atoms with Crippen LogP contribution in [0, 0.1) is 5.82 Å². The molecule has 26 heavy (non-hydrogen) atoms. The maximum absolute atomic E-state index is 13.0. The van der Waals surface area contributed by atoms with Gasteiger partial charge in [-0.15, -0.1) is 0 Å². The van der Waals surface area contributed by atoms with E-state index in [1.165, 1.54) is 24.3 Å². The molecule has 1 aromatic heterocycles. The lowest BCUT2D eigenvalue weighted by Crippen LogP contribution is -2.15. The number of benzene rings is 2. The van der Waals surface area contributed by atoms with E-state index in [2.05, 4.69) is 14.3 Å². The second kappa shape index (κ2) is 6.77. The van der Waals surface area contributed by atoms with E-state index in [0.29, 0.717) is 11.3 Å². The highest BCUT2D eigenvalue weighted by Gasteiger charge is 2.19. The van der Waals surface area contributed by atoms with Crippen molar-refractivity contribution in [2.45, 2.75) is 17.5 Å². The minimum Gasteiger partial charge on any atom is -0.325 e. The van der Waals surface area contributed by atoms with Crippen LogP contribution in [0.25, 0.3) is 11.3 Å². The van der Waals surface area contributed by atoms with Crippen LogP contribution in [0.5, 0.6) is 0 Å². The van der Waals surface area contributed by atoms with Crippen LogP contribution in [-0.2, 0) is 22.3 Å². The molecule has 0 radical (unpaired) electrons. The summed E-state index contributed by atoms with van der Waals surface area (Å²) in [5, 5.41) is 0.948. The predicted molar refractivity (Wildman–Crippen MR) is 101 cm³/mol. The number of para-hydroxylation sites is 1. The Morgan fingerprint density at radius 2 is 1.92 bits per heavy atom. The van der Waals surface area contributed by atoms with Crippen molar-refractivity contribution in [1.29, 1.82) is 0 Å². The number of sulfonamides is 1. The normalized spacial score (nSPS) is 13.6. The quantitative estimate of drug-likeness (QED) is 0.722. The number of aromatic nitrogens is 2. The summed E-state index contributed by atoms with van der Waals surface area (Å²) in [5.74, 6) is 0.390. The third kappa shape index (κ3) is 3.61. The zero-order chi connectivity index (χ0) is 18.1. The Hall–Kier alpha value is -2.32. The van der Waals surface area contributed by atoms with Gasteiger partial charge in [0.25, 0.3) is 0 Å². The first kappa shape index (κ1) is 17.1. The molecule has 1 aliphatic rings. The van der Waals surface area contributed by atoms with E-state index in [-0.39, 0.29) is 5.75 Å². The Kier molecular flexibility index (Phi) is 4.46. The van der Waals surface area contributed by atoms with Crippen LogP contribution in [0.3, 0.4) is 0 Å². The van der Waals surface area contributed by atoms with Crippen LogP contribution in [0.2, 0.25) is 0 Å². The van der Waals surface area contributed by atoms with Crippen molar-refractivity contribution in [2.75, 3.05) is 10.5 Å². The molecule has 0 aliphatic carbocycles. The first-order chi connectivity index (χ1) is 12.5. The molecule has 0 bridgehead atoms. The average Bonchev–Trinajstić information content (AvgIpc) is 3.18. The number of imidazole rings is 1. The van der Waals surface area contributed by atoms with Crippen LogP contribution in [0.4, 0.5) is 10.1 Å². The number of halogens is 1. The topological polar surface area (TPSA) is 64.0 Å². The number of thioether (sulfide) groups is 1. The Morgan fingerprint density at radius 3 is 2.69 bits per heavy atom. The van der Waals surface area contributed by atoms with Gasteiger partial charge in [-0.25, -0.2) is 17.8 Å². The van der Waals surface area contributed by atoms with Gasteiger partial charge < -0.3 is 4.57 Å². The lowest BCUT2D eigenvalue weighted by atomic mass is 10.1. The summed E-state index contributed by atoms with van der Waals surface area (Å²) in [4.78, 5) is 4.59. The largest absolute Gasteiger partial charge is 0.325 e. The molecule has 2 aromatic carbocycles. The van der Waals surface area contributed by atoms with Crippen LogP contribution in [-0.4, -0.2) is 23.7 Å². The van der Waals surface area contributed by atoms with E-state index >= 15 is 0 Å². The number of aryl methyl sites for hydroxylation is 1. The number of nitrogens with zero attached hydrogens (tertiary/aromatic N) is 2. The van der Waals surface area contributed by atoms with E-state index in [4.69, 9.17) is 0 Å². The molecule has 1 aliphatic heterocycles. The zero-order valence-electron chi connectivity index (χ0n) is 13.7. The van der Waals surface area contributed by atoms with E-state index in [1.54, 1.807) is 23.9 Å². The Balaban J connectivity index is 1.60. The van der Waals surface area contributed by atoms with Crippen LogP contribution in [0.15, 0.2) is 59.9 Å². The predicted octanol–water partition coefficient (Wildman–Crippen LogP) is 3.74. The van der Waals surface area contributed by atoms with Crippen molar-refractivity contribution >= 4 is 27.5 Å². The van der Waals surface area contributed by atoms with Crippen LogP contribution < -0.4 is 4.72 Å². The molecule has 0 atom stereocenters. The van der Waals surface area contributed by atoms with E-state index < -0.39 is 15.8 Å². The zero-order valence-corrected chi connectivity index (χ0v) is 15.4. The summed E-state index contributed by atoms with van der Waals surface area (Å²) in [5.41, 5.74) is 2.48. The summed E-state index contributed by atoms with van der Waals surface area (Å²) >= 11 is 1.69. The molecule has 4 rings (SSSR count). The second-order valence-corrected chi connectivity index (χ2v) is 8.77. The molecule has 0 amide bonds. The molecule has 8 heteroatoms. The monoisotopic (exact) mass is 389 g/mol. The number of nitrogens with one attached hydrogen (secondary N) is 1. The fourth-order valence-electron chi connectivity index (χ4n) is 2.84. The van der Waals surface area contributed by atoms with Gasteiger partial charge in [0.1, 0.15) is 5.82 Å².